The van der Waals surface area contributed by atoms with Crippen LogP contribution in [0.3, 0.4) is 0 Å². The van der Waals surface area contributed by atoms with Crippen LogP contribution in [-0.4, -0.2) is 23.0 Å². The number of aryl methyl sites for hydroxylation is 1. The van der Waals surface area contributed by atoms with E-state index in [1.807, 2.05) is 19.1 Å². The zero-order chi connectivity index (χ0) is 24.5. The lowest BCUT2D eigenvalue weighted by Crippen LogP contribution is -2.13. The van der Waals surface area contributed by atoms with Crippen molar-refractivity contribution in [3.8, 4) is 5.88 Å². The SMILES string of the molecule is CCn1c(O)c(N=Nc2ccc(S(=O)(=O)Nc3cccc(Cl)c3)cc2[N+](=O)[O-])c2ccccc21. The molecule has 0 fully saturated rings. The number of nitro benzene ring substituents is 1. The lowest BCUT2D eigenvalue weighted by atomic mass is 10.2. The van der Waals surface area contributed by atoms with Crippen LogP contribution in [0.25, 0.3) is 10.9 Å². The maximum Gasteiger partial charge on any atom is 0.298 e. The summed E-state index contributed by atoms with van der Waals surface area (Å²) in [5.74, 6) is -0.125. The minimum atomic E-state index is -4.13. The third-order valence-electron chi connectivity index (χ3n) is 5.02. The van der Waals surface area contributed by atoms with E-state index in [4.69, 9.17) is 11.6 Å². The molecule has 4 aromatic rings. The Morgan fingerprint density at radius 3 is 2.56 bits per heavy atom. The minimum Gasteiger partial charge on any atom is -0.493 e. The number of nitrogens with one attached hydrogen (secondary N) is 1. The second-order valence-corrected chi connectivity index (χ2v) is 9.28. The molecule has 0 bridgehead atoms. The highest BCUT2D eigenvalue weighted by Gasteiger charge is 2.22. The van der Waals surface area contributed by atoms with Crippen LogP contribution in [0.1, 0.15) is 6.92 Å². The summed E-state index contributed by atoms with van der Waals surface area (Å²) in [7, 11) is -4.13. The number of hydrogen-bond donors (Lipinski definition) is 2. The second-order valence-electron chi connectivity index (χ2n) is 7.16. The van der Waals surface area contributed by atoms with Crippen LogP contribution in [0.4, 0.5) is 22.7 Å². The Morgan fingerprint density at radius 1 is 1.09 bits per heavy atom. The molecule has 10 nitrogen and oxygen atoms in total. The van der Waals surface area contributed by atoms with Crippen LogP contribution in [0.5, 0.6) is 5.88 Å². The normalized spacial score (nSPS) is 11.8. The molecule has 174 valence electrons. The summed E-state index contributed by atoms with van der Waals surface area (Å²) in [5.41, 5.74) is 0.378. The van der Waals surface area contributed by atoms with Gasteiger partial charge in [-0.25, -0.2) is 8.42 Å². The van der Waals surface area contributed by atoms with E-state index in [1.165, 1.54) is 24.3 Å². The molecule has 34 heavy (non-hydrogen) atoms. The molecule has 0 radical (unpaired) electrons. The van der Waals surface area contributed by atoms with Gasteiger partial charge >= 0.3 is 0 Å². The first-order valence-electron chi connectivity index (χ1n) is 10.00. The highest BCUT2D eigenvalue weighted by molar-refractivity contribution is 7.92. The first-order valence-corrected chi connectivity index (χ1v) is 11.9. The van der Waals surface area contributed by atoms with Crippen LogP contribution in [-0.2, 0) is 16.6 Å². The van der Waals surface area contributed by atoms with Crippen molar-refractivity contribution in [1.29, 1.82) is 0 Å². The highest BCUT2D eigenvalue weighted by Crippen LogP contribution is 2.40. The quantitative estimate of drug-likeness (QED) is 0.178. The number of sulfonamides is 1. The van der Waals surface area contributed by atoms with Crippen LogP contribution in [0.2, 0.25) is 5.02 Å². The predicted octanol–water partition coefficient (Wildman–Crippen LogP) is 6.14. The van der Waals surface area contributed by atoms with Gasteiger partial charge in [0.2, 0.25) is 5.88 Å². The lowest BCUT2D eigenvalue weighted by molar-refractivity contribution is -0.384. The van der Waals surface area contributed by atoms with Crippen LogP contribution in [0.15, 0.2) is 81.9 Å². The van der Waals surface area contributed by atoms with E-state index in [-0.39, 0.29) is 27.8 Å². The molecule has 1 aromatic heterocycles. The van der Waals surface area contributed by atoms with Gasteiger partial charge in [-0.3, -0.25) is 14.8 Å². The van der Waals surface area contributed by atoms with Gasteiger partial charge < -0.3 is 9.67 Å². The van der Waals surface area contributed by atoms with Crippen LogP contribution in [0, 0.1) is 10.1 Å². The van der Waals surface area contributed by atoms with Crippen molar-refractivity contribution in [2.75, 3.05) is 4.72 Å². The predicted molar refractivity (Wildman–Crippen MR) is 129 cm³/mol. The van der Waals surface area contributed by atoms with Gasteiger partial charge in [-0.1, -0.05) is 35.9 Å². The molecule has 12 heteroatoms. The first-order chi connectivity index (χ1) is 16.2. The van der Waals surface area contributed by atoms with Gasteiger partial charge in [0.15, 0.2) is 11.4 Å². The van der Waals surface area contributed by atoms with Gasteiger partial charge in [0.25, 0.3) is 15.7 Å². The maximum atomic E-state index is 12.7. The van der Waals surface area contributed by atoms with E-state index >= 15 is 0 Å². The number of halogens is 1. The largest absolute Gasteiger partial charge is 0.493 e. The molecule has 2 N–H and O–H groups in total. The Morgan fingerprint density at radius 2 is 1.85 bits per heavy atom. The Balaban J connectivity index is 1.72. The van der Waals surface area contributed by atoms with E-state index in [0.29, 0.717) is 17.0 Å². The van der Waals surface area contributed by atoms with Crippen molar-refractivity contribution in [2.24, 2.45) is 10.2 Å². The summed E-state index contributed by atoms with van der Waals surface area (Å²) in [4.78, 5) is 10.6. The Bertz CT molecular complexity index is 1550. The average molecular weight is 500 g/mol. The number of azo groups is 1. The van der Waals surface area contributed by atoms with Gasteiger partial charge in [0, 0.05) is 23.0 Å². The van der Waals surface area contributed by atoms with Gasteiger partial charge in [0.05, 0.1) is 21.0 Å². The summed E-state index contributed by atoms with van der Waals surface area (Å²) >= 11 is 5.88. The molecule has 0 spiro atoms. The summed E-state index contributed by atoms with van der Waals surface area (Å²) in [6.45, 7) is 2.34. The van der Waals surface area contributed by atoms with Gasteiger partial charge in [-0.15, -0.1) is 10.2 Å². The third-order valence-corrected chi connectivity index (χ3v) is 6.64. The fraction of sp³-hybridized carbons (Fsp3) is 0.0909. The highest BCUT2D eigenvalue weighted by atomic mass is 35.5. The number of aromatic hydroxyl groups is 1. The number of hydrogen-bond acceptors (Lipinski definition) is 7. The summed E-state index contributed by atoms with van der Waals surface area (Å²) in [6, 6.07) is 16.5. The number of para-hydroxylation sites is 1. The van der Waals surface area contributed by atoms with Crippen LogP contribution < -0.4 is 4.72 Å². The molecular weight excluding hydrogens is 482 g/mol. The van der Waals surface area contributed by atoms with Gasteiger partial charge in [0.1, 0.15) is 0 Å². The molecule has 4 rings (SSSR count). The van der Waals surface area contributed by atoms with E-state index in [1.54, 1.807) is 28.8 Å². The number of nitrogens with zero attached hydrogens (tertiary/aromatic N) is 4. The molecule has 0 atom stereocenters. The molecule has 3 aromatic carbocycles. The fourth-order valence-corrected chi connectivity index (χ4v) is 4.72. The van der Waals surface area contributed by atoms with Crippen LogP contribution >= 0.6 is 11.6 Å². The number of anilines is 1. The topological polar surface area (TPSA) is 139 Å². The van der Waals surface area contributed by atoms with E-state index < -0.39 is 20.6 Å². The zero-order valence-electron chi connectivity index (χ0n) is 17.7. The molecule has 0 aliphatic carbocycles. The van der Waals surface area contributed by atoms with E-state index in [0.717, 1.165) is 11.6 Å². The Labute approximate surface area is 199 Å². The molecule has 0 aliphatic heterocycles. The number of nitro groups is 1. The smallest absolute Gasteiger partial charge is 0.298 e. The molecule has 0 unspecified atom stereocenters. The van der Waals surface area contributed by atoms with Crippen molar-refractivity contribution < 1.29 is 18.4 Å². The summed E-state index contributed by atoms with van der Waals surface area (Å²) in [6.07, 6.45) is 0. The van der Waals surface area contributed by atoms with Crippen molar-refractivity contribution in [3.05, 3.63) is 81.9 Å². The van der Waals surface area contributed by atoms with Gasteiger partial charge in [-0.2, -0.15) is 0 Å². The maximum absolute atomic E-state index is 12.7. The Kier molecular flexibility index (Phi) is 6.22. The lowest BCUT2D eigenvalue weighted by Gasteiger charge is -2.08. The molecule has 0 aliphatic rings. The van der Waals surface area contributed by atoms with Crippen molar-refractivity contribution in [3.63, 3.8) is 0 Å². The first kappa shape index (κ1) is 23.2. The summed E-state index contributed by atoms with van der Waals surface area (Å²) < 4.78 is 29.4. The number of fused-ring (bicyclic) bond motifs is 1. The Hall–Kier alpha value is -3.96. The molecule has 0 amide bonds. The summed E-state index contributed by atoms with van der Waals surface area (Å²) in [5, 5.41) is 31.2. The number of benzene rings is 3. The average Bonchev–Trinajstić information content (AvgIpc) is 3.07. The monoisotopic (exact) mass is 499 g/mol. The zero-order valence-corrected chi connectivity index (χ0v) is 19.3. The number of aromatic nitrogens is 1. The second kappa shape index (κ2) is 9.12. The van der Waals surface area contributed by atoms with Crippen molar-refractivity contribution >= 4 is 55.3 Å². The third kappa shape index (κ3) is 4.43. The van der Waals surface area contributed by atoms with E-state index in [9.17, 15) is 23.6 Å². The number of rotatable bonds is 7. The molecule has 0 saturated carbocycles. The van der Waals surface area contributed by atoms with E-state index in [2.05, 4.69) is 15.0 Å². The van der Waals surface area contributed by atoms with Gasteiger partial charge in [-0.05, 0) is 43.3 Å². The fourth-order valence-electron chi connectivity index (χ4n) is 3.46. The minimum absolute atomic E-state index is 0.125. The van der Waals surface area contributed by atoms with Crippen molar-refractivity contribution in [1.82, 2.24) is 4.57 Å². The molecular formula is C22H18ClN5O5S. The molecule has 1 heterocycles. The standard InChI is InChI=1S/C22H18ClN5O5S/c1-2-27-19-9-4-3-8-17(19)21(22(27)29)25-24-18-11-10-16(13-20(18)28(30)31)34(32,33)26-15-7-5-6-14(23)12-15/h3-13,26,29H,2H2,1H3. The van der Waals surface area contributed by atoms with Crippen molar-refractivity contribution in [2.45, 2.75) is 18.4 Å². The molecule has 0 saturated heterocycles.